The monoisotopic (exact) mass is 395 g/mol. The van der Waals surface area contributed by atoms with Gasteiger partial charge in [-0.2, -0.15) is 0 Å². The Bertz CT molecular complexity index is 985. The summed E-state index contributed by atoms with van der Waals surface area (Å²) in [6.45, 7) is 12.2. The number of aromatic hydroxyl groups is 1. The highest BCUT2D eigenvalue weighted by atomic mass is 19.1. The van der Waals surface area contributed by atoms with Crippen molar-refractivity contribution in [3.8, 4) is 5.75 Å². The molecule has 2 aromatic rings. The number of carbonyl (C=O) groups excluding carboxylic acids is 1. The molecule has 152 valence electrons. The standard InChI is InChI=1S/C24H26FNO3/c1-23(2,3)17-11-14(12-18(20(17)27)24(4,5)6)13-19-22(28)29-21(26-19)15-7-9-16(25)10-8-15/h7-13,27H,1-6H3/b19-13+. The SMILES string of the molecule is CC(C)(C)c1cc(/C=C2/N=C(c3ccc(F)cc3)OC2=O)cc(C(C)(C)C)c1O. The van der Waals surface area contributed by atoms with E-state index in [1.165, 1.54) is 24.3 Å². The number of rotatable bonds is 2. The molecule has 0 aliphatic carbocycles. The molecule has 0 atom stereocenters. The van der Waals surface area contributed by atoms with Crippen LogP contribution in [0.2, 0.25) is 0 Å². The van der Waals surface area contributed by atoms with E-state index in [0.717, 1.165) is 16.7 Å². The molecule has 29 heavy (non-hydrogen) atoms. The number of aliphatic imine (C=N–C) groups is 1. The lowest BCUT2D eigenvalue weighted by Crippen LogP contribution is -2.17. The number of nitrogens with zero attached hydrogens (tertiary/aromatic N) is 1. The van der Waals surface area contributed by atoms with E-state index in [-0.39, 0.29) is 34.0 Å². The number of phenolic OH excluding ortho intramolecular Hbond substituents is 1. The maximum absolute atomic E-state index is 13.1. The highest BCUT2D eigenvalue weighted by Gasteiger charge is 2.28. The zero-order valence-corrected chi connectivity index (χ0v) is 17.6. The molecule has 4 nitrogen and oxygen atoms in total. The summed E-state index contributed by atoms with van der Waals surface area (Å²) < 4.78 is 18.4. The summed E-state index contributed by atoms with van der Waals surface area (Å²) in [5, 5.41) is 10.8. The van der Waals surface area contributed by atoms with Crippen molar-refractivity contribution in [2.45, 2.75) is 52.4 Å². The van der Waals surface area contributed by atoms with Crippen LogP contribution in [0.4, 0.5) is 4.39 Å². The fourth-order valence-corrected chi connectivity index (χ4v) is 3.17. The quantitative estimate of drug-likeness (QED) is 0.542. The largest absolute Gasteiger partial charge is 0.507 e. The third-order valence-electron chi connectivity index (χ3n) is 4.76. The third-order valence-corrected chi connectivity index (χ3v) is 4.76. The van der Waals surface area contributed by atoms with Gasteiger partial charge in [0.15, 0.2) is 5.70 Å². The Morgan fingerprint density at radius 2 is 1.48 bits per heavy atom. The van der Waals surface area contributed by atoms with E-state index in [0.29, 0.717) is 5.56 Å². The van der Waals surface area contributed by atoms with Gasteiger partial charge >= 0.3 is 5.97 Å². The van der Waals surface area contributed by atoms with Crippen LogP contribution >= 0.6 is 0 Å². The molecule has 1 aliphatic rings. The van der Waals surface area contributed by atoms with Crippen LogP contribution in [-0.4, -0.2) is 17.0 Å². The van der Waals surface area contributed by atoms with Crippen LogP contribution in [0.5, 0.6) is 5.75 Å². The van der Waals surface area contributed by atoms with E-state index in [9.17, 15) is 14.3 Å². The number of hydrogen-bond donors (Lipinski definition) is 1. The lowest BCUT2D eigenvalue weighted by molar-refractivity contribution is -0.129. The minimum absolute atomic E-state index is 0.145. The Morgan fingerprint density at radius 1 is 0.966 bits per heavy atom. The van der Waals surface area contributed by atoms with Crippen molar-refractivity contribution in [3.05, 3.63) is 70.2 Å². The molecule has 1 heterocycles. The minimum Gasteiger partial charge on any atom is -0.507 e. The molecule has 1 N–H and O–H groups in total. The van der Waals surface area contributed by atoms with Crippen LogP contribution < -0.4 is 0 Å². The molecular weight excluding hydrogens is 369 g/mol. The van der Waals surface area contributed by atoms with Gasteiger partial charge < -0.3 is 9.84 Å². The molecule has 5 heteroatoms. The summed E-state index contributed by atoms with van der Waals surface area (Å²) in [5.74, 6) is -0.515. The Hall–Kier alpha value is -2.95. The second kappa shape index (κ2) is 7.14. The molecule has 0 saturated carbocycles. The molecule has 2 aromatic carbocycles. The summed E-state index contributed by atoms with van der Waals surface area (Å²) in [4.78, 5) is 16.6. The zero-order chi connectivity index (χ0) is 21.6. The Kier molecular flexibility index (Phi) is 5.11. The number of phenols is 1. The molecule has 0 spiro atoms. The Labute approximate surface area is 170 Å². The van der Waals surface area contributed by atoms with Gasteiger partial charge in [0, 0.05) is 16.7 Å². The van der Waals surface area contributed by atoms with Crippen LogP contribution in [0.1, 0.15) is 63.8 Å². The van der Waals surface area contributed by atoms with Crippen molar-refractivity contribution in [2.75, 3.05) is 0 Å². The van der Waals surface area contributed by atoms with E-state index in [1.807, 2.05) is 53.7 Å². The first-order valence-corrected chi connectivity index (χ1v) is 9.53. The van der Waals surface area contributed by atoms with Gasteiger partial charge in [0.05, 0.1) is 0 Å². The minimum atomic E-state index is -0.563. The van der Waals surface area contributed by atoms with Crippen LogP contribution in [0.25, 0.3) is 6.08 Å². The Morgan fingerprint density at radius 3 is 1.97 bits per heavy atom. The van der Waals surface area contributed by atoms with Crippen molar-refractivity contribution in [2.24, 2.45) is 4.99 Å². The molecule has 0 amide bonds. The Balaban J connectivity index is 2.09. The predicted octanol–water partition coefficient (Wildman–Crippen LogP) is 5.47. The van der Waals surface area contributed by atoms with Gasteiger partial charge in [-0.15, -0.1) is 0 Å². The average molecular weight is 395 g/mol. The van der Waals surface area contributed by atoms with E-state index in [2.05, 4.69) is 4.99 Å². The lowest BCUT2D eigenvalue weighted by Gasteiger charge is -2.27. The summed E-state index contributed by atoms with van der Waals surface area (Å²) in [6.07, 6.45) is 1.66. The van der Waals surface area contributed by atoms with Crippen LogP contribution in [0.3, 0.4) is 0 Å². The second-order valence-corrected chi connectivity index (χ2v) is 9.31. The van der Waals surface area contributed by atoms with Gasteiger partial charge in [0.25, 0.3) is 0 Å². The number of carbonyl (C=O) groups is 1. The summed E-state index contributed by atoms with van der Waals surface area (Å²) >= 11 is 0. The van der Waals surface area contributed by atoms with Gasteiger partial charge in [-0.3, -0.25) is 0 Å². The van der Waals surface area contributed by atoms with Crippen molar-refractivity contribution >= 4 is 17.9 Å². The number of esters is 1. The highest BCUT2D eigenvalue weighted by Crippen LogP contribution is 2.40. The molecule has 0 unspecified atom stereocenters. The lowest BCUT2D eigenvalue weighted by atomic mass is 9.78. The molecule has 0 saturated heterocycles. The number of ether oxygens (including phenoxy) is 1. The fourth-order valence-electron chi connectivity index (χ4n) is 3.17. The van der Waals surface area contributed by atoms with Gasteiger partial charge in [-0.05, 0) is 58.9 Å². The van der Waals surface area contributed by atoms with Crippen molar-refractivity contribution < 1.29 is 19.0 Å². The summed E-state index contributed by atoms with van der Waals surface area (Å²) in [5.41, 5.74) is 2.48. The number of cyclic esters (lactones) is 1. The first-order valence-electron chi connectivity index (χ1n) is 9.53. The van der Waals surface area contributed by atoms with Gasteiger partial charge in [-0.1, -0.05) is 41.5 Å². The van der Waals surface area contributed by atoms with Crippen molar-refractivity contribution in [1.82, 2.24) is 0 Å². The van der Waals surface area contributed by atoms with Crippen LogP contribution in [0, 0.1) is 5.82 Å². The van der Waals surface area contributed by atoms with Gasteiger partial charge in [-0.25, -0.2) is 14.2 Å². The van der Waals surface area contributed by atoms with E-state index < -0.39 is 5.97 Å². The average Bonchev–Trinajstić information content (AvgIpc) is 2.95. The smallest absolute Gasteiger partial charge is 0.363 e. The molecule has 0 radical (unpaired) electrons. The first-order chi connectivity index (χ1) is 13.4. The van der Waals surface area contributed by atoms with Crippen molar-refractivity contribution in [1.29, 1.82) is 0 Å². The van der Waals surface area contributed by atoms with Crippen LogP contribution in [-0.2, 0) is 20.4 Å². The molecule has 1 aliphatic heterocycles. The summed E-state index contributed by atoms with van der Waals surface area (Å²) in [7, 11) is 0. The molecule has 0 bridgehead atoms. The first kappa shape index (κ1) is 20.8. The number of halogens is 1. The predicted molar refractivity (Wildman–Crippen MR) is 113 cm³/mol. The summed E-state index contributed by atoms with van der Waals surface area (Å²) in [6, 6.07) is 9.35. The van der Waals surface area contributed by atoms with Crippen molar-refractivity contribution in [3.63, 3.8) is 0 Å². The normalized spacial score (nSPS) is 16.2. The fraction of sp³-hybridized carbons (Fsp3) is 0.333. The van der Waals surface area contributed by atoms with Crippen LogP contribution in [0.15, 0.2) is 47.1 Å². The van der Waals surface area contributed by atoms with E-state index in [4.69, 9.17) is 4.74 Å². The molecule has 3 rings (SSSR count). The maximum Gasteiger partial charge on any atom is 0.363 e. The zero-order valence-electron chi connectivity index (χ0n) is 17.6. The van der Waals surface area contributed by atoms with Gasteiger partial charge in [0.2, 0.25) is 5.90 Å². The second-order valence-electron chi connectivity index (χ2n) is 9.31. The van der Waals surface area contributed by atoms with Gasteiger partial charge in [0.1, 0.15) is 11.6 Å². The number of hydrogen-bond acceptors (Lipinski definition) is 4. The molecular formula is C24H26FNO3. The number of benzene rings is 2. The topological polar surface area (TPSA) is 58.9 Å². The third kappa shape index (κ3) is 4.39. The maximum atomic E-state index is 13.1. The highest BCUT2D eigenvalue weighted by molar-refractivity contribution is 6.12. The molecule has 0 fully saturated rings. The van der Waals surface area contributed by atoms with E-state index >= 15 is 0 Å². The van der Waals surface area contributed by atoms with E-state index in [1.54, 1.807) is 6.08 Å². The molecule has 0 aromatic heterocycles.